The fourth-order valence-electron chi connectivity index (χ4n) is 2.16. The summed E-state index contributed by atoms with van der Waals surface area (Å²) in [6.45, 7) is 7.55. The molecule has 17 heavy (non-hydrogen) atoms. The van der Waals surface area contributed by atoms with E-state index in [2.05, 4.69) is 28.9 Å². The number of aromatic nitrogens is 2. The van der Waals surface area contributed by atoms with Crippen molar-refractivity contribution < 1.29 is 4.79 Å². The van der Waals surface area contributed by atoms with E-state index in [0.29, 0.717) is 5.01 Å². The largest absolute Gasteiger partial charge is 0.363 e. The van der Waals surface area contributed by atoms with Gasteiger partial charge in [-0.05, 0) is 25.9 Å². The van der Waals surface area contributed by atoms with Gasteiger partial charge in [-0.2, -0.15) is 0 Å². The van der Waals surface area contributed by atoms with Crippen molar-refractivity contribution in [1.29, 1.82) is 0 Å². The molecule has 1 saturated heterocycles. The van der Waals surface area contributed by atoms with E-state index < -0.39 is 5.91 Å². The van der Waals surface area contributed by atoms with Gasteiger partial charge in [0.2, 0.25) is 5.01 Å². The third-order valence-corrected chi connectivity index (χ3v) is 4.34. The predicted molar refractivity (Wildman–Crippen MR) is 67.1 cm³/mol. The Morgan fingerprint density at radius 3 is 2.59 bits per heavy atom. The number of amides is 1. The van der Waals surface area contributed by atoms with Gasteiger partial charge in [0.05, 0.1) is 0 Å². The van der Waals surface area contributed by atoms with Crippen LogP contribution >= 0.6 is 11.3 Å². The van der Waals surface area contributed by atoms with E-state index in [4.69, 9.17) is 5.73 Å². The number of hydrogen-bond donors (Lipinski definition) is 1. The van der Waals surface area contributed by atoms with Crippen LogP contribution in [0.2, 0.25) is 0 Å². The molecule has 94 valence electrons. The second-order valence-corrected chi connectivity index (χ2v) is 6.12. The van der Waals surface area contributed by atoms with Crippen LogP contribution in [-0.4, -0.2) is 40.6 Å². The maximum Gasteiger partial charge on any atom is 0.279 e. The quantitative estimate of drug-likeness (QED) is 0.870. The molecular weight excluding hydrogens is 236 g/mol. The Bertz CT molecular complexity index is 409. The average molecular weight is 254 g/mol. The molecule has 1 fully saturated rings. The summed E-state index contributed by atoms with van der Waals surface area (Å²) in [6.07, 6.45) is 2.55. The number of likely N-dealkylation sites (tertiary alicyclic amines) is 1. The number of nitrogens with two attached hydrogens (primary N) is 1. The van der Waals surface area contributed by atoms with Gasteiger partial charge in [-0.1, -0.05) is 25.2 Å². The summed E-state index contributed by atoms with van der Waals surface area (Å²) >= 11 is 1.31. The molecule has 0 atom stereocenters. The van der Waals surface area contributed by atoms with Crippen molar-refractivity contribution in [3.05, 3.63) is 10.0 Å². The highest BCUT2D eigenvalue weighted by Crippen LogP contribution is 2.28. The molecule has 0 unspecified atom stereocenters. The van der Waals surface area contributed by atoms with Crippen LogP contribution in [0.15, 0.2) is 0 Å². The normalized spacial score (nSPS) is 17.5. The summed E-state index contributed by atoms with van der Waals surface area (Å²) in [7, 11) is 0. The predicted octanol–water partition coefficient (Wildman–Crippen LogP) is 1.01. The topological polar surface area (TPSA) is 72.1 Å². The highest BCUT2D eigenvalue weighted by molar-refractivity contribution is 7.13. The van der Waals surface area contributed by atoms with Crippen molar-refractivity contribution in [1.82, 2.24) is 15.1 Å². The van der Waals surface area contributed by atoms with Gasteiger partial charge >= 0.3 is 0 Å². The summed E-state index contributed by atoms with van der Waals surface area (Å²) < 4.78 is 0. The number of nitrogens with zero attached hydrogens (tertiary/aromatic N) is 3. The number of hydrogen-bond acceptors (Lipinski definition) is 5. The molecule has 1 aliphatic rings. The Kier molecular flexibility index (Phi) is 3.44. The van der Waals surface area contributed by atoms with Crippen LogP contribution in [0, 0.1) is 0 Å². The van der Waals surface area contributed by atoms with Gasteiger partial charge in [-0.15, -0.1) is 10.2 Å². The molecule has 1 amide bonds. The van der Waals surface area contributed by atoms with E-state index in [0.717, 1.165) is 24.6 Å². The molecule has 0 spiro atoms. The lowest BCUT2D eigenvalue weighted by molar-refractivity contribution is 0.0999. The molecule has 5 nitrogen and oxygen atoms in total. The highest BCUT2D eigenvalue weighted by atomic mass is 32.1. The molecule has 1 aliphatic heterocycles. The Balaban J connectivity index is 2.09. The van der Waals surface area contributed by atoms with Crippen LogP contribution in [0.1, 0.15) is 41.5 Å². The second-order valence-electron chi connectivity index (χ2n) is 5.14. The molecule has 6 heteroatoms. The summed E-state index contributed by atoms with van der Waals surface area (Å²) in [5.74, 6) is -0.495. The van der Waals surface area contributed by atoms with Crippen molar-refractivity contribution in [2.75, 3.05) is 19.6 Å². The molecule has 2 rings (SSSR count). The standard InChI is InChI=1S/C11H18N4OS/c1-11(2,7-15-5-3-4-6-15)10-14-13-9(17-10)8(12)16/h3-7H2,1-2H3,(H2,12,16). The molecule has 0 aliphatic carbocycles. The van der Waals surface area contributed by atoms with E-state index in [1.165, 1.54) is 24.2 Å². The van der Waals surface area contributed by atoms with Gasteiger partial charge in [0.15, 0.2) is 0 Å². The average Bonchev–Trinajstić information content (AvgIpc) is 2.84. The zero-order chi connectivity index (χ0) is 12.5. The Morgan fingerprint density at radius 1 is 1.41 bits per heavy atom. The van der Waals surface area contributed by atoms with Gasteiger partial charge in [-0.3, -0.25) is 4.79 Å². The van der Waals surface area contributed by atoms with Gasteiger partial charge in [-0.25, -0.2) is 0 Å². The smallest absolute Gasteiger partial charge is 0.279 e. The molecule has 2 heterocycles. The second kappa shape index (κ2) is 4.70. The fraction of sp³-hybridized carbons (Fsp3) is 0.727. The molecule has 1 aromatic rings. The van der Waals surface area contributed by atoms with Crippen LogP contribution in [-0.2, 0) is 5.41 Å². The zero-order valence-electron chi connectivity index (χ0n) is 10.3. The number of carbonyl (C=O) groups is 1. The lowest BCUT2D eigenvalue weighted by Crippen LogP contribution is -2.35. The van der Waals surface area contributed by atoms with Crippen molar-refractivity contribution in [2.45, 2.75) is 32.1 Å². The minimum Gasteiger partial charge on any atom is -0.363 e. The molecule has 2 N–H and O–H groups in total. The Hall–Kier alpha value is -1.01. The maximum atomic E-state index is 11.0. The van der Waals surface area contributed by atoms with Gasteiger partial charge in [0, 0.05) is 12.0 Å². The third-order valence-electron chi connectivity index (χ3n) is 3.03. The minimum atomic E-state index is -0.495. The number of primary amides is 1. The molecule has 0 radical (unpaired) electrons. The van der Waals surface area contributed by atoms with Crippen molar-refractivity contribution in [2.24, 2.45) is 5.73 Å². The first-order chi connectivity index (χ1) is 7.99. The van der Waals surface area contributed by atoms with Crippen LogP contribution in [0.25, 0.3) is 0 Å². The minimum absolute atomic E-state index is 0.0737. The van der Waals surface area contributed by atoms with Crippen molar-refractivity contribution in [3.8, 4) is 0 Å². The first kappa shape index (κ1) is 12.4. The van der Waals surface area contributed by atoms with Crippen molar-refractivity contribution in [3.63, 3.8) is 0 Å². The molecule has 0 saturated carbocycles. The first-order valence-corrected chi connectivity index (χ1v) is 6.67. The monoisotopic (exact) mass is 254 g/mol. The summed E-state index contributed by atoms with van der Waals surface area (Å²) in [5.41, 5.74) is 5.12. The van der Waals surface area contributed by atoms with E-state index in [-0.39, 0.29) is 5.41 Å². The van der Waals surface area contributed by atoms with Crippen LogP contribution < -0.4 is 5.73 Å². The molecular formula is C11H18N4OS. The van der Waals surface area contributed by atoms with E-state index in [1.54, 1.807) is 0 Å². The van der Waals surface area contributed by atoms with E-state index in [1.807, 2.05) is 0 Å². The van der Waals surface area contributed by atoms with Crippen LogP contribution in [0.3, 0.4) is 0 Å². The number of carbonyl (C=O) groups excluding carboxylic acids is 1. The third kappa shape index (κ3) is 2.81. The number of rotatable bonds is 4. The SMILES string of the molecule is CC(C)(CN1CCCC1)c1nnc(C(N)=O)s1. The summed E-state index contributed by atoms with van der Waals surface area (Å²) in [5, 5.41) is 9.11. The van der Waals surface area contributed by atoms with E-state index >= 15 is 0 Å². The van der Waals surface area contributed by atoms with E-state index in [9.17, 15) is 4.79 Å². The fourth-order valence-corrected chi connectivity index (χ4v) is 2.95. The summed E-state index contributed by atoms with van der Waals surface area (Å²) in [4.78, 5) is 13.4. The van der Waals surface area contributed by atoms with Gasteiger partial charge in [0.25, 0.3) is 5.91 Å². The van der Waals surface area contributed by atoms with Gasteiger partial charge < -0.3 is 10.6 Å². The Morgan fingerprint density at radius 2 is 2.06 bits per heavy atom. The maximum absolute atomic E-state index is 11.0. The van der Waals surface area contributed by atoms with Gasteiger partial charge in [0.1, 0.15) is 5.01 Å². The van der Waals surface area contributed by atoms with Crippen LogP contribution in [0.5, 0.6) is 0 Å². The molecule has 0 bridgehead atoms. The Labute approximate surface area is 105 Å². The van der Waals surface area contributed by atoms with Crippen molar-refractivity contribution >= 4 is 17.2 Å². The first-order valence-electron chi connectivity index (χ1n) is 5.85. The molecule has 0 aromatic carbocycles. The highest BCUT2D eigenvalue weighted by Gasteiger charge is 2.29. The zero-order valence-corrected chi connectivity index (χ0v) is 11.1. The lowest BCUT2D eigenvalue weighted by Gasteiger charge is -2.27. The molecule has 1 aromatic heterocycles. The summed E-state index contributed by atoms with van der Waals surface area (Å²) in [6, 6.07) is 0. The van der Waals surface area contributed by atoms with Crippen LogP contribution in [0.4, 0.5) is 0 Å². The lowest BCUT2D eigenvalue weighted by atomic mass is 9.94.